The van der Waals surface area contributed by atoms with Crippen LogP contribution in [-0.2, 0) is 19.3 Å². The Hall–Kier alpha value is -9.94. The molecule has 0 saturated carbocycles. The van der Waals surface area contributed by atoms with Crippen molar-refractivity contribution in [2.45, 2.75) is 52.9 Å². The number of hydrogen-bond donors (Lipinski definition) is 0. The minimum atomic E-state index is 0.0944. The molecule has 13 aromatic rings. The summed E-state index contributed by atoms with van der Waals surface area (Å²) in [6, 6.07) is 88.0. The van der Waals surface area contributed by atoms with Crippen molar-refractivity contribution < 1.29 is 0 Å². The summed E-state index contributed by atoms with van der Waals surface area (Å²) in [5.74, 6) is 0.0944. The maximum absolute atomic E-state index is 9.69. The van der Waals surface area contributed by atoms with E-state index in [1.807, 2.05) is 24.3 Å². The molecule has 5 nitrogen and oxygen atoms in total. The summed E-state index contributed by atoms with van der Waals surface area (Å²) >= 11 is 0. The number of fused-ring (bicyclic) bond motifs is 7. The number of anilines is 3. The molecule has 1 unspecified atom stereocenters. The molecule has 0 aliphatic carbocycles. The lowest BCUT2D eigenvalue weighted by Gasteiger charge is -2.30. The predicted octanol–water partition coefficient (Wildman–Crippen LogP) is 19.0. The minimum absolute atomic E-state index is 0.0944. The highest BCUT2D eigenvalue weighted by molar-refractivity contribution is 6.13. The highest BCUT2D eigenvalue weighted by Crippen LogP contribution is 2.47. The number of nitriles is 2. The standard InChI is InChI=1S/C74H57N5/c1-5-53-41-52(42-67(59-19-9-7-17-48(59)3)55-32-39-64-61-20-12-15-25-69(61)77(72(64)44-55)56-33-27-50(46-75)28-34-56)31-38-60(53)74-54(6-2)43-71(63-22-10-11-23-66(63)74)79(68-24-14-8-18-49(68)4)58-37-40-65-62-21-13-16-26-70(62)78(73(65)45-58)57-35-29-51(47-76)30-36-57/h7-41,43-45,67H,5-6,42H2,1-4H3. The highest BCUT2D eigenvalue weighted by atomic mass is 15.1. The topological polar surface area (TPSA) is 60.7 Å². The summed E-state index contributed by atoms with van der Waals surface area (Å²) in [4.78, 5) is 2.47. The van der Waals surface area contributed by atoms with E-state index in [0.29, 0.717) is 11.1 Å². The van der Waals surface area contributed by atoms with Crippen molar-refractivity contribution in [3.05, 3.63) is 281 Å². The molecule has 0 aliphatic heterocycles. The second kappa shape index (κ2) is 20.2. The number of hydrogen-bond acceptors (Lipinski definition) is 3. The summed E-state index contributed by atoms with van der Waals surface area (Å²) in [6.45, 7) is 9.04. The summed E-state index contributed by atoms with van der Waals surface area (Å²) < 4.78 is 4.69. The lowest BCUT2D eigenvalue weighted by Crippen LogP contribution is -2.13. The van der Waals surface area contributed by atoms with Crippen LogP contribution in [0.15, 0.2) is 231 Å². The van der Waals surface area contributed by atoms with Crippen LogP contribution in [0, 0.1) is 36.5 Å². The van der Waals surface area contributed by atoms with Crippen LogP contribution in [-0.4, -0.2) is 9.13 Å². The fraction of sp³-hybridized carbons (Fsp3) is 0.108. The first-order chi connectivity index (χ1) is 38.8. The molecule has 0 aliphatic rings. The third kappa shape index (κ3) is 8.40. The molecule has 0 spiro atoms. The normalized spacial score (nSPS) is 11.9. The van der Waals surface area contributed by atoms with Crippen LogP contribution in [0.2, 0.25) is 0 Å². The smallest absolute Gasteiger partial charge is 0.0991 e. The van der Waals surface area contributed by atoms with E-state index in [1.165, 1.54) is 82.4 Å². The Balaban J connectivity index is 0.942. The maximum atomic E-state index is 9.69. The SMILES string of the molecule is CCc1cc(CC(c2ccc3c4ccccc4n(-c4ccc(C#N)cc4)c3c2)c2ccccc2C)ccc1-c1c(CC)cc(N(c2ccc3c4ccccc4n(-c4ccc(C#N)cc4)c3c2)c2ccccc2C)c2ccccc12. The monoisotopic (exact) mass is 1020 g/mol. The van der Waals surface area contributed by atoms with E-state index >= 15 is 0 Å². The number of para-hydroxylation sites is 3. The zero-order chi connectivity index (χ0) is 53.7. The van der Waals surface area contributed by atoms with E-state index in [0.717, 1.165) is 69.8 Å². The van der Waals surface area contributed by atoms with Gasteiger partial charge in [0.2, 0.25) is 0 Å². The van der Waals surface area contributed by atoms with E-state index in [4.69, 9.17) is 0 Å². The van der Waals surface area contributed by atoms with Gasteiger partial charge in [-0.05, 0) is 180 Å². The Labute approximate surface area is 461 Å². The fourth-order valence-corrected chi connectivity index (χ4v) is 12.6. The molecule has 0 fully saturated rings. The van der Waals surface area contributed by atoms with Gasteiger partial charge in [0.25, 0.3) is 0 Å². The quantitative estimate of drug-likeness (QED) is 0.123. The third-order valence-corrected chi connectivity index (χ3v) is 16.4. The van der Waals surface area contributed by atoms with E-state index in [2.05, 4.69) is 260 Å². The first-order valence-corrected chi connectivity index (χ1v) is 27.5. The van der Waals surface area contributed by atoms with E-state index in [9.17, 15) is 10.5 Å². The number of nitrogens with zero attached hydrogens (tertiary/aromatic N) is 5. The van der Waals surface area contributed by atoms with Gasteiger partial charge in [0.05, 0.1) is 51.0 Å². The van der Waals surface area contributed by atoms with Crippen molar-refractivity contribution in [1.82, 2.24) is 9.13 Å². The average molecular weight is 1020 g/mol. The minimum Gasteiger partial charge on any atom is -0.310 e. The van der Waals surface area contributed by atoms with Crippen LogP contribution >= 0.6 is 0 Å². The number of aromatic nitrogens is 2. The number of rotatable bonds is 12. The van der Waals surface area contributed by atoms with Gasteiger partial charge in [0.1, 0.15) is 0 Å². The predicted molar refractivity (Wildman–Crippen MR) is 329 cm³/mol. The molecule has 1 atom stereocenters. The van der Waals surface area contributed by atoms with Crippen molar-refractivity contribution >= 4 is 71.4 Å². The molecular formula is C74H57N5. The molecular weight excluding hydrogens is 959 g/mol. The first kappa shape index (κ1) is 48.7. The second-order valence-electron chi connectivity index (χ2n) is 20.9. The van der Waals surface area contributed by atoms with Gasteiger partial charge in [-0.1, -0.05) is 153 Å². The van der Waals surface area contributed by atoms with Crippen molar-refractivity contribution in [2.24, 2.45) is 0 Å². The number of aryl methyl sites for hydroxylation is 4. The average Bonchev–Trinajstić information content (AvgIpc) is 4.24. The molecule has 0 N–H and O–H groups in total. The maximum Gasteiger partial charge on any atom is 0.0991 e. The Bertz CT molecular complexity index is 4600. The molecule has 5 heteroatoms. The Morgan fingerprint density at radius 1 is 0.430 bits per heavy atom. The molecule has 0 saturated heterocycles. The fourth-order valence-electron chi connectivity index (χ4n) is 12.6. The van der Waals surface area contributed by atoms with Gasteiger partial charge in [-0.3, -0.25) is 0 Å². The molecule has 2 heterocycles. The zero-order valence-electron chi connectivity index (χ0n) is 44.9. The van der Waals surface area contributed by atoms with Gasteiger partial charge in [0.15, 0.2) is 0 Å². The molecule has 13 rings (SSSR count). The van der Waals surface area contributed by atoms with Crippen molar-refractivity contribution in [1.29, 1.82) is 10.5 Å². The third-order valence-electron chi connectivity index (χ3n) is 16.4. The summed E-state index contributed by atoms with van der Waals surface area (Å²) in [5.41, 5.74) is 22.8. The lowest BCUT2D eigenvalue weighted by molar-refractivity contribution is 0.797. The van der Waals surface area contributed by atoms with Crippen LogP contribution in [0.3, 0.4) is 0 Å². The van der Waals surface area contributed by atoms with Gasteiger partial charge in [0, 0.05) is 55.6 Å². The van der Waals surface area contributed by atoms with Crippen LogP contribution in [0.5, 0.6) is 0 Å². The molecule has 2 aromatic heterocycles. The van der Waals surface area contributed by atoms with Crippen molar-refractivity contribution in [2.75, 3.05) is 4.90 Å². The van der Waals surface area contributed by atoms with Gasteiger partial charge in [-0.15, -0.1) is 0 Å². The Morgan fingerprint density at radius 3 is 1.57 bits per heavy atom. The van der Waals surface area contributed by atoms with Crippen LogP contribution in [0.1, 0.15) is 69.8 Å². The van der Waals surface area contributed by atoms with Crippen LogP contribution < -0.4 is 4.90 Å². The van der Waals surface area contributed by atoms with E-state index < -0.39 is 0 Å². The van der Waals surface area contributed by atoms with E-state index in [1.54, 1.807) is 0 Å². The molecule has 0 bridgehead atoms. The van der Waals surface area contributed by atoms with Gasteiger partial charge in [-0.25, -0.2) is 0 Å². The second-order valence-corrected chi connectivity index (χ2v) is 20.9. The van der Waals surface area contributed by atoms with Crippen molar-refractivity contribution in [3.8, 4) is 34.6 Å². The molecule has 79 heavy (non-hydrogen) atoms. The zero-order valence-corrected chi connectivity index (χ0v) is 44.9. The van der Waals surface area contributed by atoms with Gasteiger partial charge in [-0.2, -0.15) is 10.5 Å². The van der Waals surface area contributed by atoms with E-state index in [-0.39, 0.29) is 5.92 Å². The van der Waals surface area contributed by atoms with Crippen molar-refractivity contribution in [3.63, 3.8) is 0 Å². The molecule has 378 valence electrons. The lowest BCUT2D eigenvalue weighted by atomic mass is 9.82. The first-order valence-electron chi connectivity index (χ1n) is 27.5. The van der Waals surface area contributed by atoms with Crippen LogP contribution in [0.4, 0.5) is 17.1 Å². The van der Waals surface area contributed by atoms with Crippen LogP contribution in [0.25, 0.3) is 76.9 Å². The molecule has 0 amide bonds. The number of benzene rings is 11. The Morgan fingerprint density at radius 2 is 0.962 bits per heavy atom. The van der Waals surface area contributed by atoms with Gasteiger partial charge < -0.3 is 14.0 Å². The largest absolute Gasteiger partial charge is 0.310 e. The summed E-state index contributed by atoms with van der Waals surface area (Å²) in [7, 11) is 0. The summed E-state index contributed by atoms with van der Waals surface area (Å²) in [5, 5.41) is 26.5. The molecule has 0 radical (unpaired) electrons. The Kier molecular flexibility index (Phi) is 12.5. The molecule has 11 aromatic carbocycles. The highest BCUT2D eigenvalue weighted by Gasteiger charge is 2.25. The summed E-state index contributed by atoms with van der Waals surface area (Å²) in [6.07, 6.45) is 2.57. The van der Waals surface area contributed by atoms with Gasteiger partial charge >= 0.3 is 0 Å².